The molecule has 1 fully saturated rings. The number of carbonyl (C=O) groups is 1. The van der Waals surface area contributed by atoms with Gasteiger partial charge in [-0.2, -0.15) is 0 Å². The molecule has 0 amide bonds. The zero-order chi connectivity index (χ0) is 16.5. The van der Waals surface area contributed by atoms with Crippen LogP contribution in [-0.2, 0) is 26.3 Å². The molecule has 0 aromatic heterocycles. The molecule has 2 unspecified atom stereocenters. The van der Waals surface area contributed by atoms with Gasteiger partial charge < -0.3 is 9.47 Å². The van der Waals surface area contributed by atoms with Gasteiger partial charge in [0.25, 0.3) is 0 Å². The molecule has 3 heteroatoms. The van der Waals surface area contributed by atoms with Crippen molar-refractivity contribution < 1.29 is 14.3 Å². The molecule has 2 atom stereocenters. The van der Waals surface area contributed by atoms with Crippen molar-refractivity contribution in [1.82, 2.24) is 0 Å². The molecule has 23 heavy (non-hydrogen) atoms. The van der Waals surface area contributed by atoms with E-state index < -0.39 is 11.0 Å². The number of carbonyl (C=O) groups excluding carboxylic acids is 1. The minimum atomic E-state index is -0.520. The van der Waals surface area contributed by atoms with Crippen molar-refractivity contribution in [3.8, 4) is 0 Å². The molecule has 1 aliphatic heterocycles. The van der Waals surface area contributed by atoms with Gasteiger partial charge in [-0.25, -0.2) is 0 Å². The number of hydrogen-bond acceptors (Lipinski definition) is 3. The lowest BCUT2D eigenvalue weighted by Crippen LogP contribution is -2.43. The monoisotopic (exact) mass is 316 g/mol. The first kappa shape index (κ1) is 16.5. The highest BCUT2D eigenvalue weighted by atomic mass is 16.6. The number of hydrogen-bond donors (Lipinski definition) is 0. The first-order valence-electron chi connectivity index (χ1n) is 8.83. The van der Waals surface area contributed by atoms with E-state index in [-0.39, 0.29) is 11.9 Å². The number of rotatable bonds is 2. The van der Waals surface area contributed by atoms with Crippen LogP contribution in [0, 0.1) is 11.3 Å². The molecule has 3 nitrogen and oxygen atoms in total. The van der Waals surface area contributed by atoms with Crippen molar-refractivity contribution in [3.05, 3.63) is 35.4 Å². The Labute approximate surface area is 139 Å². The van der Waals surface area contributed by atoms with Crippen LogP contribution in [0.25, 0.3) is 0 Å². The maximum absolute atomic E-state index is 12.8. The molecule has 1 aromatic carbocycles. The first-order valence-corrected chi connectivity index (χ1v) is 8.83. The van der Waals surface area contributed by atoms with E-state index in [1.165, 1.54) is 11.1 Å². The normalized spacial score (nSPS) is 28.0. The maximum atomic E-state index is 12.8. The topological polar surface area (TPSA) is 35.5 Å². The Morgan fingerprint density at radius 3 is 2.74 bits per heavy atom. The highest BCUT2D eigenvalue weighted by molar-refractivity contribution is 5.76. The second kappa shape index (κ2) is 6.27. The molecule has 1 aromatic rings. The van der Waals surface area contributed by atoms with Crippen LogP contribution in [0.15, 0.2) is 24.3 Å². The third-order valence-corrected chi connectivity index (χ3v) is 5.19. The minimum absolute atomic E-state index is 0.110. The maximum Gasteiger partial charge on any atom is 0.312 e. The first-order chi connectivity index (χ1) is 10.9. The van der Waals surface area contributed by atoms with Gasteiger partial charge in [0.15, 0.2) is 0 Å². The van der Waals surface area contributed by atoms with E-state index in [2.05, 4.69) is 24.3 Å². The fraction of sp³-hybridized carbons (Fsp3) is 0.650. The van der Waals surface area contributed by atoms with Gasteiger partial charge in [-0.05, 0) is 64.0 Å². The van der Waals surface area contributed by atoms with Crippen molar-refractivity contribution in [3.63, 3.8) is 0 Å². The van der Waals surface area contributed by atoms with Crippen LogP contribution in [0.5, 0.6) is 0 Å². The predicted octanol–water partition coefficient (Wildman–Crippen LogP) is 4.23. The second-order valence-electron chi connectivity index (χ2n) is 7.95. The highest BCUT2D eigenvalue weighted by Crippen LogP contribution is 2.47. The van der Waals surface area contributed by atoms with Gasteiger partial charge in [0.1, 0.15) is 5.60 Å². The Kier molecular flexibility index (Phi) is 4.50. The van der Waals surface area contributed by atoms with Crippen LogP contribution < -0.4 is 0 Å². The number of ether oxygens (including phenoxy) is 2. The molecule has 3 rings (SSSR count). The molecule has 126 valence electrons. The molecular weight excluding hydrogens is 288 g/mol. The zero-order valence-electron chi connectivity index (χ0n) is 14.6. The summed E-state index contributed by atoms with van der Waals surface area (Å²) in [5.74, 6) is 0.147. The van der Waals surface area contributed by atoms with E-state index >= 15 is 0 Å². The molecule has 1 heterocycles. The second-order valence-corrected chi connectivity index (χ2v) is 7.95. The predicted molar refractivity (Wildman–Crippen MR) is 90.1 cm³/mol. The molecule has 1 aliphatic carbocycles. The van der Waals surface area contributed by atoms with Gasteiger partial charge in [0.05, 0.1) is 12.0 Å². The SMILES string of the molecule is CC(C)(C)C(=O)OC1(C2CCOC2)CCCCc2ccccc21. The van der Waals surface area contributed by atoms with Gasteiger partial charge in [0.2, 0.25) is 0 Å². The molecule has 0 N–H and O–H groups in total. The van der Waals surface area contributed by atoms with Crippen molar-refractivity contribution >= 4 is 5.97 Å². The lowest BCUT2D eigenvalue weighted by Gasteiger charge is -2.40. The van der Waals surface area contributed by atoms with E-state index in [0.29, 0.717) is 6.61 Å². The number of fused-ring (bicyclic) bond motifs is 1. The lowest BCUT2D eigenvalue weighted by molar-refractivity contribution is -0.179. The van der Waals surface area contributed by atoms with E-state index in [0.717, 1.165) is 38.7 Å². The summed E-state index contributed by atoms with van der Waals surface area (Å²) in [5, 5.41) is 0. The Hall–Kier alpha value is -1.35. The quantitative estimate of drug-likeness (QED) is 0.605. The Balaban J connectivity index is 2.06. The van der Waals surface area contributed by atoms with Crippen LogP contribution in [0.2, 0.25) is 0 Å². The summed E-state index contributed by atoms with van der Waals surface area (Å²) in [7, 11) is 0. The van der Waals surface area contributed by atoms with E-state index in [9.17, 15) is 4.79 Å². The van der Waals surface area contributed by atoms with Crippen LogP contribution in [0.3, 0.4) is 0 Å². The van der Waals surface area contributed by atoms with Gasteiger partial charge in [-0.3, -0.25) is 4.79 Å². The van der Waals surface area contributed by atoms with Crippen LogP contribution in [0.4, 0.5) is 0 Å². The Morgan fingerprint density at radius 2 is 2.04 bits per heavy atom. The van der Waals surface area contributed by atoms with Gasteiger partial charge in [-0.15, -0.1) is 0 Å². The summed E-state index contributed by atoms with van der Waals surface area (Å²) in [4.78, 5) is 12.8. The van der Waals surface area contributed by atoms with Crippen molar-refractivity contribution in [1.29, 1.82) is 0 Å². The summed E-state index contributed by atoms with van der Waals surface area (Å²) >= 11 is 0. The standard InChI is InChI=1S/C20H28O3/c1-19(2,3)18(21)23-20(16-11-13-22-14-16)12-7-6-9-15-8-4-5-10-17(15)20/h4-5,8,10,16H,6-7,9,11-14H2,1-3H3. The summed E-state index contributed by atoms with van der Waals surface area (Å²) in [6, 6.07) is 8.51. The Morgan fingerprint density at radius 1 is 1.26 bits per heavy atom. The molecule has 2 aliphatic rings. The molecular formula is C20H28O3. The van der Waals surface area contributed by atoms with Crippen molar-refractivity contribution in [2.75, 3.05) is 13.2 Å². The van der Waals surface area contributed by atoms with E-state index in [1.807, 2.05) is 20.8 Å². The number of esters is 1. The lowest BCUT2D eigenvalue weighted by atomic mass is 9.76. The zero-order valence-corrected chi connectivity index (χ0v) is 14.6. The number of benzene rings is 1. The molecule has 1 saturated heterocycles. The largest absolute Gasteiger partial charge is 0.453 e. The minimum Gasteiger partial charge on any atom is -0.453 e. The molecule has 0 spiro atoms. The van der Waals surface area contributed by atoms with Gasteiger partial charge in [0, 0.05) is 12.5 Å². The number of aryl methyl sites for hydroxylation is 1. The Bertz CT molecular complexity index is 566. The summed E-state index contributed by atoms with van der Waals surface area (Å²) in [5.41, 5.74) is 1.53. The average molecular weight is 316 g/mol. The molecule has 0 saturated carbocycles. The van der Waals surface area contributed by atoms with Crippen LogP contribution in [0.1, 0.15) is 57.6 Å². The van der Waals surface area contributed by atoms with Gasteiger partial charge in [-0.1, -0.05) is 24.3 Å². The molecule has 0 bridgehead atoms. The highest BCUT2D eigenvalue weighted by Gasteiger charge is 2.48. The summed E-state index contributed by atoms with van der Waals surface area (Å²) < 4.78 is 12.0. The van der Waals surface area contributed by atoms with Gasteiger partial charge >= 0.3 is 5.97 Å². The van der Waals surface area contributed by atoms with Crippen molar-refractivity contribution in [2.45, 2.75) is 58.5 Å². The van der Waals surface area contributed by atoms with E-state index in [4.69, 9.17) is 9.47 Å². The average Bonchev–Trinajstić information content (AvgIpc) is 2.98. The molecule has 0 radical (unpaired) electrons. The summed E-state index contributed by atoms with van der Waals surface area (Å²) in [6.07, 6.45) is 5.17. The fourth-order valence-electron chi connectivity index (χ4n) is 3.82. The van der Waals surface area contributed by atoms with Crippen LogP contribution in [-0.4, -0.2) is 19.2 Å². The third kappa shape index (κ3) is 3.16. The fourth-order valence-corrected chi connectivity index (χ4v) is 3.82. The summed E-state index contributed by atoms with van der Waals surface area (Å²) in [6.45, 7) is 7.23. The van der Waals surface area contributed by atoms with Crippen LogP contribution >= 0.6 is 0 Å². The van der Waals surface area contributed by atoms with Crippen molar-refractivity contribution in [2.24, 2.45) is 11.3 Å². The van der Waals surface area contributed by atoms with E-state index in [1.54, 1.807) is 0 Å². The smallest absolute Gasteiger partial charge is 0.312 e. The third-order valence-electron chi connectivity index (χ3n) is 5.19.